The first kappa shape index (κ1) is 17.4. The third-order valence-electron chi connectivity index (χ3n) is 4.02. The fourth-order valence-electron chi connectivity index (χ4n) is 2.71. The van der Waals surface area contributed by atoms with Crippen LogP contribution in [0.15, 0.2) is 54.7 Å². The minimum atomic E-state index is -0.491. The zero-order chi connectivity index (χ0) is 18.5. The number of aromatic nitrogens is 1. The number of nitrogens with one attached hydrogen (secondary N) is 1. The van der Waals surface area contributed by atoms with Gasteiger partial charge in [0.2, 0.25) is 0 Å². The summed E-state index contributed by atoms with van der Waals surface area (Å²) in [4.78, 5) is 28.7. The van der Waals surface area contributed by atoms with E-state index >= 15 is 0 Å². The molecule has 26 heavy (non-hydrogen) atoms. The monoisotopic (exact) mass is 350 g/mol. The lowest BCUT2D eigenvalue weighted by atomic mass is 10.1. The molecule has 0 aliphatic carbocycles. The van der Waals surface area contributed by atoms with Crippen molar-refractivity contribution >= 4 is 22.8 Å². The van der Waals surface area contributed by atoms with Crippen molar-refractivity contribution in [2.75, 3.05) is 14.2 Å². The summed E-state index contributed by atoms with van der Waals surface area (Å²) in [5.74, 6) is -0.277. The van der Waals surface area contributed by atoms with Crippen molar-refractivity contribution in [3.8, 4) is 5.75 Å². The van der Waals surface area contributed by atoms with Crippen molar-refractivity contribution in [3.05, 3.63) is 71.4 Å². The highest BCUT2D eigenvalue weighted by Gasteiger charge is 2.14. The van der Waals surface area contributed by atoms with Crippen LogP contribution >= 0.6 is 0 Å². The van der Waals surface area contributed by atoms with Gasteiger partial charge in [0, 0.05) is 18.1 Å². The van der Waals surface area contributed by atoms with E-state index in [0.29, 0.717) is 16.9 Å². The van der Waals surface area contributed by atoms with Gasteiger partial charge in [-0.1, -0.05) is 24.3 Å². The first-order valence-electron chi connectivity index (χ1n) is 8.01. The van der Waals surface area contributed by atoms with Crippen molar-refractivity contribution in [2.45, 2.75) is 6.54 Å². The Morgan fingerprint density at radius 3 is 2.62 bits per heavy atom. The van der Waals surface area contributed by atoms with Crippen LogP contribution in [0.3, 0.4) is 0 Å². The van der Waals surface area contributed by atoms with E-state index in [-0.39, 0.29) is 12.5 Å². The van der Waals surface area contributed by atoms with Gasteiger partial charge in [-0.25, -0.2) is 4.79 Å². The van der Waals surface area contributed by atoms with Crippen LogP contribution in [0.25, 0.3) is 10.9 Å². The van der Waals surface area contributed by atoms with Gasteiger partial charge in [-0.2, -0.15) is 0 Å². The molecule has 0 saturated heterocycles. The zero-order valence-electron chi connectivity index (χ0n) is 14.5. The number of rotatable bonds is 5. The summed E-state index contributed by atoms with van der Waals surface area (Å²) in [6.07, 6.45) is 1.61. The summed E-state index contributed by atoms with van der Waals surface area (Å²) in [5, 5.41) is 3.66. The highest BCUT2D eigenvalue weighted by atomic mass is 16.5. The molecule has 0 radical (unpaired) electrons. The average molecular weight is 350 g/mol. The first-order valence-corrected chi connectivity index (χ1v) is 8.01. The second-order valence-corrected chi connectivity index (χ2v) is 5.58. The van der Waals surface area contributed by atoms with Crippen molar-refractivity contribution in [3.63, 3.8) is 0 Å². The summed E-state index contributed by atoms with van der Waals surface area (Å²) in [7, 11) is 2.79. The van der Waals surface area contributed by atoms with Crippen LogP contribution in [0.4, 0.5) is 0 Å². The fraction of sp³-hybridized carbons (Fsp3) is 0.150. The van der Waals surface area contributed by atoms with Gasteiger partial charge in [0.1, 0.15) is 11.3 Å². The van der Waals surface area contributed by atoms with E-state index in [1.54, 1.807) is 30.5 Å². The van der Waals surface area contributed by atoms with E-state index in [1.807, 2.05) is 24.3 Å². The van der Waals surface area contributed by atoms with Gasteiger partial charge in [0.25, 0.3) is 5.91 Å². The molecule has 132 valence electrons. The topological polar surface area (TPSA) is 77.5 Å². The molecule has 1 amide bonds. The number of hydrogen-bond acceptors (Lipinski definition) is 5. The second kappa shape index (κ2) is 7.65. The largest absolute Gasteiger partial charge is 0.496 e. The maximum absolute atomic E-state index is 12.6. The summed E-state index contributed by atoms with van der Waals surface area (Å²) in [6.45, 7) is 0.267. The Morgan fingerprint density at radius 1 is 1.04 bits per heavy atom. The number of carbonyl (C=O) groups excluding carboxylic acids is 2. The third-order valence-corrected chi connectivity index (χ3v) is 4.02. The summed E-state index contributed by atoms with van der Waals surface area (Å²) >= 11 is 0. The molecule has 1 heterocycles. The minimum absolute atomic E-state index is 0.209. The number of nitrogens with zero attached hydrogens (tertiary/aromatic N) is 1. The van der Waals surface area contributed by atoms with Crippen LogP contribution in [-0.4, -0.2) is 31.1 Å². The summed E-state index contributed by atoms with van der Waals surface area (Å²) < 4.78 is 9.93. The van der Waals surface area contributed by atoms with Gasteiger partial charge >= 0.3 is 5.97 Å². The number of benzene rings is 2. The molecule has 6 nitrogen and oxygen atoms in total. The van der Waals surface area contributed by atoms with E-state index in [2.05, 4.69) is 10.3 Å². The quantitative estimate of drug-likeness (QED) is 0.716. The summed E-state index contributed by atoms with van der Waals surface area (Å²) in [5.41, 5.74) is 2.39. The number of esters is 1. The SMILES string of the molecule is COC(=O)c1cc(CNC(=O)c2ccnc3ccccc23)ccc1OC. The number of pyridine rings is 1. The molecule has 1 N–H and O–H groups in total. The van der Waals surface area contributed by atoms with Gasteiger partial charge in [-0.15, -0.1) is 0 Å². The maximum atomic E-state index is 12.6. The molecule has 1 aromatic heterocycles. The molecule has 0 bridgehead atoms. The molecule has 0 fully saturated rings. The van der Waals surface area contributed by atoms with E-state index in [4.69, 9.17) is 9.47 Å². The molecule has 0 aliphatic rings. The molecule has 3 rings (SSSR count). The predicted octanol–water partition coefficient (Wildman–Crippen LogP) is 2.96. The molecule has 2 aromatic carbocycles. The Balaban J connectivity index is 1.80. The Kier molecular flexibility index (Phi) is 5.12. The van der Waals surface area contributed by atoms with Gasteiger partial charge in [0.05, 0.1) is 25.3 Å². The fourth-order valence-corrected chi connectivity index (χ4v) is 2.71. The first-order chi connectivity index (χ1) is 12.6. The van der Waals surface area contributed by atoms with Crippen LogP contribution in [-0.2, 0) is 11.3 Å². The number of carbonyl (C=O) groups is 2. The molecule has 6 heteroatoms. The van der Waals surface area contributed by atoms with E-state index < -0.39 is 5.97 Å². The molecular formula is C20H18N2O4. The molecule has 0 saturated carbocycles. The Morgan fingerprint density at radius 2 is 1.85 bits per heavy atom. The van der Waals surface area contributed by atoms with Crippen LogP contribution in [0, 0.1) is 0 Å². The lowest BCUT2D eigenvalue weighted by Gasteiger charge is -2.11. The van der Waals surface area contributed by atoms with Crippen LogP contribution in [0.2, 0.25) is 0 Å². The van der Waals surface area contributed by atoms with Crippen molar-refractivity contribution in [1.82, 2.24) is 10.3 Å². The van der Waals surface area contributed by atoms with E-state index in [1.165, 1.54) is 14.2 Å². The molecule has 3 aromatic rings. The molecule has 0 atom stereocenters. The number of methoxy groups -OCH3 is 2. The smallest absolute Gasteiger partial charge is 0.341 e. The standard InChI is InChI=1S/C20H18N2O4/c1-25-18-8-7-13(11-16(18)20(24)26-2)12-22-19(23)15-9-10-21-17-6-4-3-5-14(15)17/h3-11H,12H2,1-2H3,(H,22,23). The van der Waals surface area contributed by atoms with Crippen LogP contribution < -0.4 is 10.1 Å². The van der Waals surface area contributed by atoms with E-state index in [0.717, 1.165) is 16.5 Å². The predicted molar refractivity (Wildman–Crippen MR) is 97.2 cm³/mol. The minimum Gasteiger partial charge on any atom is -0.496 e. The van der Waals surface area contributed by atoms with Crippen molar-refractivity contribution in [2.24, 2.45) is 0 Å². The van der Waals surface area contributed by atoms with Gasteiger partial charge in [0.15, 0.2) is 0 Å². The number of amides is 1. The number of para-hydroxylation sites is 1. The Labute approximate surface area is 150 Å². The molecule has 0 spiro atoms. The normalized spacial score (nSPS) is 10.4. The van der Waals surface area contributed by atoms with Crippen molar-refractivity contribution in [1.29, 1.82) is 0 Å². The number of hydrogen-bond donors (Lipinski definition) is 1. The number of ether oxygens (including phenoxy) is 2. The molecule has 0 unspecified atom stereocenters. The van der Waals surface area contributed by atoms with Gasteiger partial charge < -0.3 is 14.8 Å². The Bertz CT molecular complexity index is 964. The second-order valence-electron chi connectivity index (χ2n) is 5.58. The van der Waals surface area contributed by atoms with Crippen LogP contribution in [0.1, 0.15) is 26.3 Å². The lowest BCUT2D eigenvalue weighted by molar-refractivity contribution is 0.0597. The molecule has 0 aliphatic heterocycles. The third kappa shape index (κ3) is 3.49. The molecular weight excluding hydrogens is 332 g/mol. The van der Waals surface area contributed by atoms with Crippen LogP contribution in [0.5, 0.6) is 5.75 Å². The highest BCUT2D eigenvalue weighted by molar-refractivity contribution is 6.05. The zero-order valence-corrected chi connectivity index (χ0v) is 14.5. The van der Waals surface area contributed by atoms with Crippen molar-refractivity contribution < 1.29 is 19.1 Å². The van der Waals surface area contributed by atoms with E-state index in [9.17, 15) is 9.59 Å². The average Bonchev–Trinajstić information content (AvgIpc) is 2.70. The van der Waals surface area contributed by atoms with Gasteiger partial charge in [-0.05, 0) is 29.8 Å². The summed E-state index contributed by atoms with van der Waals surface area (Å²) in [6, 6.07) is 14.3. The Hall–Kier alpha value is -3.41. The lowest BCUT2D eigenvalue weighted by Crippen LogP contribution is -2.23. The number of fused-ring (bicyclic) bond motifs is 1. The highest BCUT2D eigenvalue weighted by Crippen LogP contribution is 2.21. The van der Waals surface area contributed by atoms with Gasteiger partial charge in [-0.3, -0.25) is 9.78 Å². The maximum Gasteiger partial charge on any atom is 0.341 e.